The van der Waals surface area contributed by atoms with E-state index >= 15 is 0 Å². The summed E-state index contributed by atoms with van der Waals surface area (Å²) in [6, 6.07) is 0. The smallest absolute Gasteiger partial charge is 0.178 e. The van der Waals surface area contributed by atoms with E-state index in [2.05, 4.69) is 24.3 Å². The Morgan fingerprint density at radius 3 is 1.93 bits per heavy atom. The highest BCUT2D eigenvalue weighted by molar-refractivity contribution is 5.99. The predicted molar refractivity (Wildman–Crippen MR) is 55.6 cm³/mol. The van der Waals surface area contributed by atoms with Crippen LogP contribution in [0.2, 0.25) is 0 Å². The summed E-state index contributed by atoms with van der Waals surface area (Å²) in [7, 11) is 0. The first kappa shape index (κ1) is 8.22. The first-order valence-corrected chi connectivity index (χ1v) is 5.41. The maximum absolute atomic E-state index is 11.2. The van der Waals surface area contributed by atoms with Gasteiger partial charge in [-0.3, -0.25) is 4.79 Å². The fraction of sp³-hybridized carbons (Fsp3) is 0.462. The lowest BCUT2D eigenvalue weighted by molar-refractivity contribution is -0.110. The lowest BCUT2D eigenvalue weighted by Gasteiger charge is -2.49. The molecular formula is C13H14O. The Labute approximate surface area is 84.2 Å². The van der Waals surface area contributed by atoms with Gasteiger partial charge in [0, 0.05) is 0 Å². The standard InChI is InChI=1S/C13H14O/c14-9-5-7-12-10-3-1-2-4-11(12)13(10)8-6-9/h1-2,5-8,10-13H,3-4H2/b7-5-,8-6-. The van der Waals surface area contributed by atoms with Crippen LogP contribution in [0.25, 0.3) is 0 Å². The molecule has 4 aliphatic rings. The average molecular weight is 186 g/mol. The van der Waals surface area contributed by atoms with Crippen LogP contribution in [0.5, 0.6) is 0 Å². The Balaban J connectivity index is 1.95. The van der Waals surface area contributed by atoms with Gasteiger partial charge in [-0.15, -0.1) is 0 Å². The van der Waals surface area contributed by atoms with Crippen molar-refractivity contribution in [2.45, 2.75) is 12.8 Å². The molecule has 1 saturated carbocycles. The van der Waals surface area contributed by atoms with Crippen molar-refractivity contribution in [3.8, 4) is 0 Å². The van der Waals surface area contributed by atoms with Crippen molar-refractivity contribution in [1.29, 1.82) is 0 Å². The summed E-state index contributed by atoms with van der Waals surface area (Å²) in [5.41, 5.74) is 0. The molecule has 14 heavy (non-hydrogen) atoms. The highest BCUT2D eigenvalue weighted by atomic mass is 16.1. The molecule has 0 radical (unpaired) electrons. The molecule has 4 rings (SSSR count). The van der Waals surface area contributed by atoms with Crippen LogP contribution in [-0.4, -0.2) is 5.78 Å². The summed E-state index contributed by atoms with van der Waals surface area (Å²) in [6.45, 7) is 0. The van der Waals surface area contributed by atoms with E-state index < -0.39 is 0 Å². The number of carbonyl (C=O) groups is 1. The van der Waals surface area contributed by atoms with Gasteiger partial charge in [-0.05, 0) is 48.7 Å². The van der Waals surface area contributed by atoms with Crippen LogP contribution in [0.4, 0.5) is 0 Å². The SMILES string of the molecule is O=C1/C=C\C2C3CC=CCC2C3/C=C\1. The molecule has 1 nitrogen and oxygen atoms in total. The lowest BCUT2D eigenvalue weighted by Crippen LogP contribution is -2.44. The average Bonchev–Trinajstić information content (AvgIpc) is 2.44. The van der Waals surface area contributed by atoms with Gasteiger partial charge >= 0.3 is 0 Å². The molecule has 0 aromatic carbocycles. The Morgan fingerprint density at radius 1 is 0.929 bits per heavy atom. The minimum Gasteiger partial charge on any atom is -0.290 e. The summed E-state index contributed by atoms with van der Waals surface area (Å²) in [5.74, 6) is 3.00. The number of fused-ring (bicyclic) bond motifs is 2. The monoisotopic (exact) mass is 186 g/mol. The van der Waals surface area contributed by atoms with E-state index in [1.54, 1.807) is 12.2 Å². The minimum absolute atomic E-state index is 0.157. The molecule has 72 valence electrons. The summed E-state index contributed by atoms with van der Waals surface area (Å²) >= 11 is 0. The Kier molecular flexibility index (Phi) is 1.73. The van der Waals surface area contributed by atoms with Crippen molar-refractivity contribution in [1.82, 2.24) is 0 Å². The summed E-state index contributed by atoms with van der Waals surface area (Å²) in [5, 5.41) is 0. The van der Waals surface area contributed by atoms with Crippen LogP contribution in [0.15, 0.2) is 36.5 Å². The largest absolute Gasteiger partial charge is 0.290 e. The Hall–Kier alpha value is -1.11. The molecule has 4 bridgehead atoms. The number of carbonyl (C=O) groups excluding carboxylic acids is 1. The van der Waals surface area contributed by atoms with Gasteiger partial charge in [-0.25, -0.2) is 0 Å². The number of allylic oxidation sites excluding steroid dienone is 6. The number of hydrogen-bond donors (Lipinski definition) is 0. The third kappa shape index (κ3) is 1.05. The lowest BCUT2D eigenvalue weighted by atomic mass is 9.55. The maximum atomic E-state index is 11.2. The zero-order chi connectivity index (χ0) is 9.54. The zero-order valence-corrected chi connectivity index (χ0v) is 8.10. The molecule has 0 N–H and O–H groups in total. The van der Waals surface area contributed by atoms with Crippen LogP contribution in [0, 0.1) is 23.7 Å². The van der Waals surface area contributed by atoms with E-state index in [-0.39, 0.29) is 5.78 Å². The molecule has 0 unspecified atom stereocenters. The van der Waals surface area contributed by atoms with E-state index in [9.17, 15) is 4.79 Å². The second kappa shape index (κ2) is 2.94. The first-order chi connectivity index (χ1) is 6.86. The van der Waals surface area contributed by atoms with Crippen LogP contribution in [0.3, 0.4) is 0 Å². The Bertz CT molecular complexity index is 308. The quantitative estimate of drug-likeness (QED) is 0.531. The predicted octanol–water partition coefficient (Wildman–Crippen LogP) is 2.51. The minimum atomic E-state index is 0.157. The van der Waals surface area contributed by atoms with Crippen molar-refractivity contribution in [3.63, 3.8) is 0 Å². The van der Waals surface area contributed by atoms with E-state index in [1.807, 2.05) is 0 Å². The molecule has 0 heterocycles. The summed E-state index contributed by atoms with van der Waals surface area (Å²) < 4.78 is 0. The van der Waals surface area contributed by atoms with Gasteiger partial charge in [0.25, 0.3) is 0 Å². The van der Waals surface area contributed by atoms with Gasteiger partial charge in [-0.2, -0.15) is 0 Å². The summed E-state index contributed by atoms with van der Waals surface area (Å²) in [6.07, 6.45) is 14.8. The van der Waals surface area contributed by atoms with Crippen LogP contribution in [-0.2, 0) is 4.79 Å². The van der Waals surface area contributed by atoms with E-state index in [0.717, 1.165) is 11.8 Å². The van der Waals surface area contributed by atoms with Crippen molar-refractivity contribution < 1.29 is 4.79 Å². The summed E-state index contributed by atoms with van der Waals surface area (Å²) in [4.78, 5) is 11.2. The highest BCUT2D eigenvalue weighted by Gasteiger charge is 2.47. The maximum Gasteiger partial charge on any atom is 0.178 e. The molecular weight excluding hydrogens is 172 g/mol. The van der Waals surface area contributed by atoms with Gasteiger partial charge in [0.1, 0.15) is 0 Å². The molecule has 0 aliphatic heterocycles. The van der Waals surface area contributed by atoms with E-state index in [4.69, 9.17) is 0 Å². The van der Waals surface area contributed by atoms with Crippen molar-refractivity contribution >= 4 is 5.78 Å². The molecule has 4 aliphatic carbocycles. The topological polar surface area (TPSA) is 17.1 Å². The van der Waals surface area contributed by atoms with Gasteiger partial charge in [0.05, 0.1) is 0 Å². The molecule has 0 atom stereocenters. The number of rotatable bonds is 0. The van der Waals surface area contributed by atoms with E-state index in [1.165, 1.54) is 12.8 Å². The molecule has 0 amide bonds. The van der Waals surface area contributed by atoms with Crippen LogP contribution >= 0.6 is 0 Å². The second-order valence-corrected chi connectivity index (χ2v) is 4.55. The third-order valence-electron chi connectivity index (χ3n) is 3.93. The highest BCUT2D eigenvalue weighted by Crippen LogP contribution is 2.53. The van der Waals surface area contributed by atoms with Crippen molar-refractivity contribution in [2.24, 2.45) is 23.7 Å². The fourth-order valence-electron chi connectivity index (χ4n) is 3.18. The Morgan fingerprint density at radius 2 is 1.43 bits per heavy atom. The molecule has 1 heteroatoms. The van der Waals surface area contributed by atoms with Crippen LogP contribution < -0.4 is 0 Å². The normalized spacial score (nSPS) is 48.4. The van der Waals surface area contributed by atoms with Crippen molar-refractivity contribution in [2.75, 3.05) is 0 Å². The molecule has 0 aromatic heterocycles. The van der Waals surface area contributed by atoms with Gasteiger partial charge in [-0.1, -0.05) is 24.3 Å². The van der Waals surface area contributed by atoms with Crippen molar-refractivity contribution in [3.05, 3.63) is 36.5 Å². The molecule has 1 fully saturated rings. The van der Waals surface area contributed by atoms with Crippen LogP contribution in [0.1, 0.15) is 12.8 Å². The van der Waals surface area contributed by atoms with Gasteiger partial charge < -0.3 is 0 Å². The molecule has 0 spiro atoms. The number of hydrogen-bond acceptors (Lipinski definition) is 1. The fourth-order valence-corrected chi connectivity index (χ4v) is 3.18. The third-order valence-corrected chi connectivity index (χ3v) is 3.93. The zero-order valence-electron chi connectivity index (χ0n) is 8.10. The molecule has 0 aromatic rings. The van der Waals surface area contributed by atoms with Gasteiger partial charge in [0.15, 0.2) is 5.78 Å². The molecule has 0 saturated heterocycles. The van der Waals surface area contributed by atoms with Gasteiger partial charge in [0.2, 0.25) is 0 Å². The van der Waals surface area contributed by atoms with E-state index in [0.29, 0.717) is 11.8 Å². The number of ketones is 1. The first-order valence-electron chi connectivity index (χ1n) is 5.41. The second-order valence-electron chi connectivity index (χ2n) is 4.55.